The summed E-state index contributed by atoms with van der Waals surface area (Å²) in [4.78, 5) is 19.0. The van der Waals surface area contributed by atoms with Crippen LogP contribution in [0.1, 0.15) is 47.9 Å². The zero-order valence-electron chi connectivity index (χ0n) is 26.8. The molecular weight excluding hydrogens is 638 g/mol. The summed E-state index contributed by atoms with van der Waals surface area (Å²) in [5.74, 6) is 0.843. The van der Waals surface area contributed by atoms with E-state index in [4.69, 9.17) is 32.7 Å². The van der Waals surface area contributed by atoms with Crippen LogP contribution in [0.4, 0.5) is 4.39 Å². The molecule has 248 valence electrons. The number of piperazine rings is 1. The highest BCUT2D eigenvalue weighted by Crippen LogP contribution is 2.38. The molecule has 1 aliphatic carbocycles. The second kappa shape index (κ2) is 13.8. The van der Waals surface area contributed by atoms with Gasteiger partial charge in [0.05, 0.1) is 23.2 Å². The number of likely N-dealkylation sites (tertiary alicyclic amines) is 1. The highest BCUT2D eigenvalue weighted by molar-refractivity contribution is 6.37. The molecule has 1 amide bonds. The smallest absolute Gasteiger partial charge is 0.252 e. The van der Waals surface area contributed by atoms with Crippen molar-refractivity contribution < 1.29 is 18.7 Å². The van der Waals surface area contributed by atoms with Gasteiger partial charge in [-0.15, -0.1) is 0 Å². The van der Waals surface area contributed by atoms with E-state index in [1.165, 1.54) is 17.7 Å². The molecule has 3 fully saturated rings. The summed E-state index contributed by atoms with van der Waals surface area (Å²) in [5.41, 5.74) is 6.58. The molecule has 2 saturated heterocycles. The summed E-state index contributed by atoms with van der Waals surface area (Å²) in [6.07, 6.45) is 3.64. The molecule has 0 radical (unpaired) electrons. The van der Waals surface area contributed by atoms with Gasteiger partial charge in [-0.3, -0.25) is 9.69 Å². The first-order valence-electron chi connectivity index (χ1n) is 16.5. The Kier molecular flexibility index (Phi) is 9.49. The van der Waals surface area contributed by atoms with E-state index in [1.54, 1.807) is 7.11 Å². The largest absolute Gasteiger partial charge is 0.496 e. The fourth-order valence-electron chi connectivity index (χ4n) is 7.30. The van der Waals surface area contributed by atoms with Crippen molar-refractivity contribution in [1.29, 1.82) is 0 Å². The Morgan fingerprint density at radius 3 is 2.55 bits per heavy atom. The van der Waals surface area contributed by atoms with Gasteiger partial charge < -0.3 is 25.0 Å². The van der Waals surface area contributed by atoms with Gasteiger partial charge in [0.2, 0.25) is 0 Å². The number of ether oxygens (including phenoxy) is 2. The van der Waals surface area contributed by atoms with E-state index in [-0.39, 0.29) is 34.1 Å². The number of nitrogens with zero attached hydrogens (tertiary/aromatic N) is 2. The van der Waals surface area contributed by atoms with Crippen molar-refractivity contribution >= 4 is 34.7 Å². The normalized spacial score (nSPS) is 22.8. The lowest BCUT2D eigenvalue weighted by molar-refractivity contribution is -0.128. The minimum Gasteiger partial charge on any atom is -0.496 e. The number of hydrogen-bond donors (Lipinski definition) is 2. The zero-order chi connectivity index (χ0) is 32.7. The molecule has 0 aromatic heterocycles. The third-order valence-corrected chi connectivity index (χ3v) is 10.5. The van der Waals surface area contributed by atoms with Crippen LogP contribution in [-0.2, 0) is 17.9 Å². The predicted molar refractivity (Wildman–Crippen MR) is 184 cm³/mol. The molecule has 7 rings (SSSR count). The number of carbonyl (C=O) groups excluding carboxylic acids is 1. The molecule has 3 atom stereocenters. The SMILES string of the molecule is COc1cccc(CN(C(=O)C2=C(c3ccc(CN4CC[C@H](Oc5c(Cl)cc(F)cc5Cl)C4)cc3)C[C@@H]3CNC[C@H]2N3)C2CC2)c1C. The second-order valence-corrected chi connectivity index (χ2v) is 14.1. The van der Waals surface area contributed by atoms with Crippen LogP contribution in [-0.4, -0.2) is 73.2 Å². The number of benzene rings is 3. The Balaban J connectivity index is 1.09. The molecular formula is C37H41Cl2FN4O3. The first kappa shape index (κ1) is 32.4. The van der Waals surface area contributed by atoms with E-state index >= 15 is 0 Å². The van der Waals surface area contributed by atoms with Gasteiger partial charge in [0, 0.05) is 56.9 Å². The number of nitrogens with one attached hydrogen (secondary N) is 2. The Hall–Kier alpha value is -3.14. The summed E-state index contributed by atoms with van der Waals surface area (Å²) >= 11 is 12.4. The average Bonchev–Trinajstić information content (AvgIpc) is 3.80. The van der Waals surface area contributed by atoms with Crippen LogP contribution in [0.2, 0.25) is 10.0 Å². The van der Waals surface area contributed by atoms with Crippen molar-refractivity contribution in [3.63, 3.8) is 0 Å². The van der Waals surface area contributed by atoms with Crippen LogP contribution in [0.5, 0.6) is 11.5 Å². The van der Waals surface area contributed by atoms with E-state index in [1.807, 2.05) is 12.1 Å². The summed E-state index contributed by atoms with van der Waals surface area (Å²) in [5, 5.41) is 7.66. The summed E-state index contributed by atoms with van der Waals surface area (Å²) in [7, 11) is 1.69. The zero-order valence-corrected chi connectivity index (χ0v) is 28.3. The average molecular weight is 680 g/mol. The first-order valence-corrected chi connectivity index (χ1v) is 17.3. The highest BCUT2D eigenvalue weighted by Gasteiger charge is 2.41. The molecule has 3 aromatic rings. The van der Waals surface area contributed by atoms with Crippen molar-refractivity contribution in [3.8, 4) is 11.5 Å². The number of fused-ring (bicyclic) bond motifs is 2. The fourth-order valence-corrected chi connectivity index (χ4v) is 7.85. The molecule has 3 aliphatic heterocycles. The highest BCUT2D eigenvalue weighted by atomic mass is 35.5. The fraction of sp³-hybridized carbons (Fsp3) is 0.432. The Morgan fingerprint density at radius 2 is 1.83 bits per heavy atom. The van der Waals surface area contributed by atoms with E-state index < -0.39 is 5.82 Å². The van der Waals surface area contributed by atoms with Gasteiger partial charge in [-0.2, -0.15) is 0 Å². The number of amides is 1. The van der Waals surface area contributed by atoms with Gasteiger partial charge in [-0.05, 0) is 78.6 Å². The van der Waals surface area contributed by atoms with Crippen LogP contribution >= 0.6 is 23.2 Å². The molecule has 3 heterocycles. The maximum Gasteiger partial charge on any atom is 0.252 e. The van der Waals surface area contributed by atoms with Crippen molar-refractivity contribution in [3.05, 3.63) is 98.3 Å². The van der Waals surface area contributed by atoms with E-state index in [2.05, 4.69) is 57.7 Å². The molecule has 2 N–H and O–H groups in total. The number of halogens is 3. The topological polar surface area (TPSA) is 66.1 Å². The van der Waals surface area contributed by atoms with Gasteiger partial charge in [-0.1, -0.05) is 59.6 Å². The number of rotatable bonds is 10. The van der Waals surface area contributed by atoms with Crippen molar-refractivity contribution in [2.24, 2.45) is 0 Å². The molecule has 4 aliphatic rings. The summed E-state index contributed by atoms with van der Waals surface area (Å²) < 4.78 is 25.3. The third-order valence-electron chi connectivity index (χ3n) is 9.92. The Morgan fingerprint density at radius 1 is 1.06 bits per heavy atom. The molecule has 1 saturated carbocycles. The van der Waals surface area contributed by atoms with Crippen molar-refractivity contribution in [1.82, 2.24) is 20.4 Å². The molecule has 47 heavy (non-hydrogen) atoms. The lowest BCUT2D eigenvalue weighted by Crippen LogP contribution is -2.60. The lowest BCUT2D eigenvalue weighted by Gasteiger charge is -2.41. The molecule has 7 nitrogen and oxygen atoms in total. The van der Waals surface area contributed by atoms with Gasteiger partial charge in [0.15, 0.2) is 5.75 Å². The summed E-state index contributed by atoms with van der Waals surface area (Å²) in [6.45, 7) is 6.65. The van der Waals surface area contributed by atoms with Crippen molar-refractivity contribution in [2.45, 2.75) is 69.9 Å². The second-order valence-electron chi connectivity index (χ2n) is 13.2. The maximum atomic E-state index is 14.6. The first-order chi connectivity index (χ1) is 22.8. The minimum atomic E-state index is -0.482. The number of methoxy groups -OCH3 is 1. The quantitative estimate of drug-likeness (QED) is 0.260. The van der Waals surface area contributed by atoms with Crippen LogP contribution in [0, 0.1) is 12.7 Å². The standard InChI is InChI=1S/C37H41Cl2FN4O3/c1-22-25(4-3-5-34(22)46-2)20-44(28-10-11-28)37(45)35-30(16-27-17-41-18-33(35)42-27)24-8-6-23(7-9-24)19-43-13-12-29(21-43)47-36-31(38)14-26(40)15-32(36)39/h3-9,14-15,27-29,33,41-42H,10-13,16-21H2,1-2H3/t27-,29+,33-/m1/s1. The van der Waals surface area contributed by atoms with Crippen LogP contribution in [0.25, 0.3) is 5.57 Å². The summed E-state index contributed by atoms with van der Waals surface area (Å²) in [6, 6.07) is 17.8. The van der Waals surface area contributed by atoms with Gasteiger partial charge in [0.25, 0.3) is 5.91 Å². The van der Waals surface area contributed by atoms with E-state index in [9.17, 15) is 9.18 Å². The Labute approximate surface area is 286 Å². The molecule has 0 unspecified atom stereocenters. The van der Waals surface area contributed by atoms with Gasteiger partial charge in [-0.25, -0.2) is 4.39 Å². The molecule has 0 spiro atoms. The van der Waals surface area contributed by atoms with E-state index in [0.29, 0.717) is 18.3 Å². The lowest BCUT2D eigenvalue weighted by atomic mass is 9.83. The third kappa shape index (κ3) is 7.03. The van der Waals surface area contributed by atoms with Crippen molar-refractivity contribution in [2.75, 3.05) is 33.3 Å². The molecule has 3 aromatic carbocycles. The van der Waals surface area contributed by atoms with Gasteiger partial charge >= 0.3 is 0 Å². The van der Waals surface area contributed by atoms with Crippen LogP contribution in [0.15, 0.2) is 60.2 Å². The van der Waals surface area contributed by atoms with Crippen LogP contribution in [0.3, 0.4) is 0 Å². The Bertz CT molecular complexity index is 1660. The minimum absolute atomic E-state index is 0.0259. The number of carbonyl (C=O) groups is 1. The predicted octanol–water partition coefficient (Wildman–Crippen LogP) is 6.38. The van der Waals surface area contributed by atoms with Gasteiger partial charge in [0.1, 0.15) is 17.7 Å². The van der Waals surface area contributed by atoms with Crippen LogP contribution < -0.4 is 20.1 Å². The van der Waals surface area contributed by atoms with E-state index in [0.717, 1.165) is 92.0 Å². The monoisotopic (exact) mass is 678 g/mol. The molecule has 2 bridgehead atoms. The maximum absolute atomic E-state index is 14.6. The molecule has 10 heteroatoms. The number of hydrogen-bond acceptors (Lipinski definition) is 6.